The van der Waals surface area contributed by atoms with Gasteiger partial charge in [-0.2, -0.15) is 4.58 Å². The van der Waals surface area contributed by atoms with Gasteiger partial charge in [0.15, 0.2) is 12.3 Å². The van der Waals surface area contributed by atoms with Crippen molar-refractivity contribution in [2.45, 2.75) is 45.1 Å². The molecule has 0 fully saturated rings. The first-order chi connectivity index (χ1) is 25.0. The molecule has 0 atom stereocenters. The molecule has 0 saturated carbocycles. The van der Waals surface area contributed by atoms with Crippen LogP contribution in [0, 0.1) is 10.1 Å². The van der Waals surface area contributed by atoms with E-state index in [1.165, 1.54) is 46.0 Å². The van der Waals surface area contributed by atoms with Crippen LogP contribution in [0.15, 0.2) is 146 Å². The van der Waals surface area contributed by atoms with Gasteiger partial charge >= 0.3 is 0 Å². The number of fused-ring (bicyclic) bond motifs is 4. The highest BCUT2D eigenvalue weighted by Gasteiger charge is 2.44. The summed E-state index contributed by atoms with van der Waals surface area (Å²) in [5.41, 5.74) is 12.6. The maximum Gasteiger partial charge on any atom is 0.270 e. The molecule has 8 rings (SSSR count). The van der Waals surface area contributed by atoms with Gasteiger partial charge in [-0.25, -0.2) is 0 Å². The summed E-state index contributed by atoms with van der Waals surface area (Å²) in [4.78, 5) is 13.5. The zero-order valence-corrected chi connectivity index (χ0v) is 29.7. The summed E-state index contributed by atoms with van der Waals surface area (Å²) in [5, 5.41) is 22.3. The van der Waals surface area contributed by atoms with Gasteiger partial charge in [0.2, 0.25) is 5.69 Å². The van der Waals surface area contributed by atoms with Crippen LogP contribution in [0.25, 0.3) is 17.2 Å². The molecule has 6 heteroatoms. The summed E-state index contributed by atoms with van der Waals surface area (Å²) in [5.74, 6) is 0.0374. The average molecular weight is 683 g/mol. The highest BCUT2D eigenvalue weighted by Crippen LogP contribution is 2.51. The minimum atomic E-state index is -0.424. The molecule has 6 aromatic carbocycles. The van der Waals surface area contributed by atoms with Crippen molar-refractivity contribution in [1.82, 2.24) is 0 Å². The fraction of sp³-hybridized carbons (Fsp3) is 0.152. The molecule has 52 heavy (non-hydrogen) atoms. The smallest absolute Gasteiger partial charge is 0.270 e. The van der Waals surface area contributed by atoms with Crippen molar-refractivity contribution >= 4 is 40.2 Å². The quantitative estimate of drug-likeness (QED) is 0.0985. The predicted octanol–water partition coefficient (Wildman–Crippen LogP) is 11.4. The van der Waals surface area contributed by atoms with E-state index in [1.807, 2.05) is 24.3 Å². The Morgan fingerprint density at radius 2 is 1.27 bits per heavy atom. The number of phenolic OH excluding ortho intramolecular Hbond substituents is 1. The van der Waals surface area contributed by atoms with Crippen molar-refractivity contribution in [2.24, 2.45) is 0 Å². The Morgan fingerprint density at radius 1 is 0.654 bits per heavy atom. The van der Waals surface area contributed by atoms with E-state index in [-0.39, 0.29) is 22.3 Å². The van der Waals surface area contributed by atoms with E-state index < -0.39 is 4.92 Å². The summed E-state index contributed by atoms with van der Waals surface area (Å²) in [6.45, 7) is 9.32. The number of aromatic hydroxyl groups is 1. The Hall–Kier alpha value is -6.27. The van der Waals surface area contributed by atoms with Crippen LogP contribution in [0.4, 0.5) is 28.4 Å². The second kappa shape index (κ2) is 12.5. The highest BCUT2D eigenvalue weighted by atomic mass is 16.6. The monoisotopic (exact) mass is 682 g/mol. The lowest BCUT2D eigenvalue weighted by Crippen LogP contribution is -2.27. The Morgan fingerprint density at radius 3 is 1.94 bits per heavy atom. The van der Waals surface area contributed by atoms with Crippen molar-refractivity contribution in [3.8, 4) is 16.9 Å². The summed E-state index contributed by atoms with van der Waals surface area (Å²) >= 11 is 0. The minimum Gasteiger partial charge on any atom is -0.507 e. The zero-order valence-electron chi connectivity index (χ0n) is 29.7. The van der Waals surface area contributed by atoms with Gasteiger partial charge in [0.1, 0.15) is 5.75 Å². The zero-order chi connectivity index (χ0) is 36.2. The van der Waals surface area contributed by atoms with Crippen LogP contribution in [0.3, 0.4) is 0 Å². The van der Waals surface area contributed by atoms with E-state index in [0.717, 1.165) is 34.0 Å². The second-order valence-electron chi connectivity index (χ2n) is 14.7. The molecule has 0 amide bonds. The lowest BCUT2D eigenvalue weighted by Gasteiger charge is -2.28. The number of rotatable bonds is 8. The number of nitrogens with zero attached hydrogens (tertiary/aromatic N) is 3. The number of para-hydroxylation sites is 3. The van der Waals surface area contributed by atoms with E-state index in [1.54, 1.807) is 0 Å². The molecule has 0 unspecified atom stereocenters. The van der Waals surface area contributed by atoms with Gasteiger partial charge in [0.25, 0.3) is 5.69 Å². The Kier molecular flexibility index (Phi) is 7.91. The second-order valence-corrected chi connectivity index (χ2v) is 14.7. The number of hydrogen-bond acceptors (Lipinski definition) is 4. The molecular weight excluding hydrogens is 643 g/mol. The molecule has 1 N–H and O–H groups in total. The number of nitro groups is 1. The van der Waals surface area contributed by atoms with Crippen LogP contribution >= 0.6 is 0 Å². The summed E-state index contributed by atoms with van der Waals surface area (Å²) < 4.78 is 2.17. The van der Waals surface area contributed by atoms with Crippen molar-refractivity contribution in [3.63, 3.8) is 0 Å². The molecule has 1 heterocycles. The molecule has 2 aliphatic rings. The highest BCUT2D eigenvalue weighted by molar-refractivity contribution is 6.05. The van der Waals surface area contributed by atoms with Crippen molar-refractivity contribution < 1.29 is 14.6 Å². The molecule has 0 radical (unpaired) electrons. The number of allylic oxidation sites excluding steroid dienone is 1. The van der Waals surface area contributed by atoms with Gasteiger partial charge in [0.05, 0.1) is 15.9 Å². The molecular formula is C46H40N3O3+. The third-order valence-electron chi connectivity index (χ3n) is 10.8. The van der Waals surface area contributed by atoms with Crippen molar-refractivity contribution in [1.29, 1.82) is 0 Å². The number of non-ortho nitro benzene ring substituents is 1. The average Bonchev–Trinajstić information content (AvgIpc) is 3.50. The largest absolute Gasteiger partial charge is 0.507 e. The van der Waals surface area contributed by atoms with Crippen LogP contribution in [-0.2, 0) is 17.4 Å². The van der Waals surface area contributed by atoms with Crippen LogP contribution in [0.5, 0.6) is 5.75 Å². The van der Waals surface area contributed by atoms with Gasteiger partial charge in [-0.15, -0.1) is 0 Å². The summed E-state index contributed by atoms with van der Waals surface area (Å²) in [6.07, 6.45) is 4.33. The molecule has 0 saturated heterocycles. The first-order valence-corrected chi connectivity index (χ1v) is 17.6. The Balaban J connectivity index is 1.17. The number of nitro benzene ring substituents is 1. The number of phenols is 1. The van der Waals surface area contributed by atoms with E-state index in [4.69, 9.17) is 0 Å². The molecule has 256 valence electrons. The lowest BCUT2D eigenvalue weighted by atomic mass is 9.80. The van der Waals surface area contributed by atoms with Crippen molar-refractivity contribution in [3.05, 3.63) is 184 Å². The predicted molar refractivity (Wildman–Crippen MR) is 211 cm³/mol. The van der Waals surface area contributed by atoms with E-state index in [2.05, 4.69) is 146 Å². The third-order valence-corrected chi connectivity index (χ3v) is 10.8. The van der Waals surface area contributed by atoms with Gasteiger partial charge in [0, 0.05) is 52.3 Å². The van der Waals surface area contributed by atoms with Crippen molar-refractivity contribution in [2.75, 3.05) is 4.90 Å². The van der Waals surface area contributed by atoms with E-state index in [0.29, 0.717) is 12.1 Å². The Bertz CT molecular complexity index is 2390. The summed E-state index contributed by atoms with van der Waals surface area (Å²) in [6, 6.07) is 47.0. The van der Waals surface area contributed by atoms with Gasteiger partial charge in [-0.3, -0.25) is 10.1 Å². The van der Waals surface area contributed by atoms with Crippen LogP contribution in [-0.4, -0.2) is 20.3 Å². The van der Waals surface area contributed by atoms with Gasteiger partial charge in [-0.1, -0.05) is 92.7 Å². The van der Waals surface area contributed by atoms with Crippen LogP contribution in [0.2, 0.25) is 0 Å². The maximum atomic E-state index is 11.6. The number of anilines is 3. The maximum absolute atomic E-state index is 11.6. The fourth-order valence-corrected chi connectivity index (χ4v) is 8.06. The summed E-state index contributed by atoms with van der Waals surface area (Å²) in [7, 11) is 0. The van der Waals surface area contributed by atoms with E-state index in [9.17, 15) is 15.2 Å². The first kappa shape index (κ1) is 32.9. The standard InChI is InChI=1S/C46H39N3O3/c1-45(2)40-27-31(19-23-37(40)38-24-21-35(29-41(38)45)48(33-13-7-5-8-14-33)34-15-9-6-10-16-34)20-26-44-46(3,4)39-17-11-12-18-42(39)47(44)30-32-28-36(49(51)52)22-25-43(32)50/h5-29H,30H2,1-4H3/p+1. The Labute approximate surface area is 304 Å². The molecule has 1 aliphatic heterocycles. The normalized spacial score (nSPS) is 15.0. The molecule has 0 bridgehead atoms. The molecule has 6 aromatic rings. The SMILES string of the molecule is CC1(C)C(C=Cc2ccc3c(c2)C(C)(C)c2cc(N(c4ccccc4)c4ccccc4)ccc2-3)=[N+](Cc2cc([N+](=O)[O-])ccc2O)c2ccccc21. The van der Waals surface area contributed by atoms with Crippen LogP contribution in [0.1, 0.15) is 55.5 Å². The molecule has 0 aromatic heterocycles. The molecule has 1 aliphatic carbocycles. The number of benzene rings is 6. The minimum absolute atomic E-state index is 0.0374. The molecule has 6 nitrogen and oxygen atoms in total. The van der Waals surface area contributed by atoms with Gasteiger partial charge < -0.3 is 10.0 Å². The first-order valence-electron chi connectivity index (χ1n) is 17.6. The lowest BCUT2D eigenvalue weighted by molar-refractivity contribution is -0.455. The number of hydrogen-bond donors (Lipinski definition) is 1. The molecule has 0 spiro atoms. The van der Waals surface area contributed by atoms with Crippen LogP contribution < -0.4 is 4.90 Å². The topological polar surface area (TPSA) is 69.6 Å². The van der Waals surface area contributed by atoms with E-state index >= 15 is 0 Å². The van der Waals surface area contributed by atoms with Gasteiger partial charge in [-0.05, 0) is 90.2 Å². The fourth-order valence-electron chi connectivity index (χ4n) is 8.06. The third kappa shape index (κ3) is 5.48.